The summed E-state index contributed by atoms with van der Waals surface area (Å²) in [4.78, 5) is 27.5. The van der Waals surface area contributed by atoms with Crippen molar-refractivity contribution in [2.75, 3.05) is 5.32 Å². The molecule has 7 nitrogen and oxygen atoms in total. The molecule has 2 heterocycles. The summed E-state index contributed by atoms with van der Waals surface area (Å²) in [6, 6.07) is 7.92. The molecule has 0 saturated heterocycles. The highest BCUT2D eigenvalue weighted by Crippen LogP contribution is 2.36. The number of aromatic nitrogens is 3. The Morgan fingerprint density at radius 3 is 2.84 bits per heavy atom. The summed E-state index contributed by atoms with van der Waals surface area (Å²) >= 11 is 0. The van der Waals surface area contributed by atoms with Gasteiger partial charge in [-0.2, -0.15) is 5.10 Å². The minimum atomic E-state index is -0.0777. The van der Waals surface area contributed by atoms with Crippen molar-refractivity contribution in [2.24, 2.45) is 0 Å². The number of nitrogens with one attached hydrogen (secondary N) is 3. The second-order valence-electron chi connectivity index (χ2n) is 6.59. The van der Waals surface area contributed by atoms with Gasteiger partial charge in [-0.3, -0.25) is 19.7 Å². The Hall–Kier alpha value is -2.70. The minimum Gasteiger partial charge on any atom is -0.354 e. The number of anilines is 1. The number of rotatable bonds is 6. The standard InChI is InChI=1S/C18H23N5O2/c1-11-4-3-5-14(19-11)6-7-18(25)21-17-10-16(22-23-17)13-8-15(9-13)20-12(2)24/h3-5,10,13,15H,6-9H2,1-2H3,(H,20,24)(H2,21,22,23,25). The van der Waals surface area contributed by atoms with E-state index in [0.29, 0.717) is 24.6 Å². The van der Waals surface area contributed by atoms with Gasteiger partial charge in [-0.05, 0) is 38.3 Å². The Kier molecular flexibility index (Phi) is 5.11. The van der Waals surface area contributed by atoms with Crippen molar-refractivity contribution in [1.29, 1.82) is 0 Å². The Morgan fingerprint density at radius 2 is 2.12 bits per heavy atom. The fourth-order valence-corrected chi connectivity index (χ4v) is 3.07. The lowest BCUT2D eigenvalue weighted by atomic mass is 9.78. The summed E-state index contributed by atoms with van der Waals surface area (Å²) in [6.45, 7) is 3.47. The molecule has 0 aromatic carbocycles. The van der Waals surface area contributed by atoms with Gasteiger partial charge in [-0.1, -0.05) is 6.07 Å². The molecule has 132 valence electrons. The lowest BCUT2D eigenvalue weighted by Crippen LogP contribution is -2.42. The van der Waals surface area contributed by atoms with E-state index in [1.807, 2.05) is 31.2 Å². The van der Waals surface area contributed by atoms with Crippen molar-refractivity contribution in [1.82, 2.24) is 20.5 Å². The molecule has 0 unspecified atom stereocenters. The molecule has 7 heteroatoms. The summed E-state index contributed by atoms with van der Waals surface area (Å²) < 4.78 is 0. The van der Waals surface area contributed by atoms with Crippen molar-refractivity contribution in [2.45, 2.75) is 51.5 Å². The molecule has 3 rings (SSSR count). The highest BCUT2D eigenvalue weighted by atomic mass is 16.2. The second kappa shape index (κ2) is 7.46. The van der Waals surface area contributed by atoms with E-state index in [4.69, 9.17) is 0 Å². The highest BCUT2D eigenvalue weighted by Gasteiger charge is 2.32. The van der Waals surface area contributed by atoms with Gasteiger partial charge in [-0.25, -0.2) is 0 Å². The van der Waals surface area contributed by atoms with Gasteiger partial charge < -0.3 is 10.6 Å². The largest absolute Gasteiger partial charge is 0.354 e. The third-order valence-electron chi connectivity index (χ3n) is 4.40. The molecular weight excluding hydrogens is 318 g/mol. The zero-order valence-corrected chi connectivity index (χ0v) is 14.5. The number of H-pyrrole nitrogens is 1. The van der Waals surface area contributed by atoms with Gasteiger partial charge in [-0.15, -0.1) is 0 Å². The molecule has 0 atom stereocenters. The van der Waals surface area contributed by atoms with Crippen LogP contribution in [0.3, 0.4) is 0 Å². The monoisotopic (exact) mass is 341 g/mol. The third kappa shape index (κ3) is 4.65. The number of hydrogen-bond acceptors (Lipinski definition) is 4. The van der Waals surface area contributed by atoms with Gasteiger partial charge in [0.15, 0.2) is 5.82 Å². The number of aryl methyl sites for hydroxylation is 2. The molecule has 0 spiro atoms. The lowest BCUT2D eigenvalue weighted by Gasteiger charge is -2.34. The molecule has 3 N–H and O–H groups in total. The van der Waals surface area contributed by atoms with Gasteiger partial charge in [0.2, 0.25) is 11.8 Å². The fourth-order valence-electron chi connectivity index (χ4n) is 3.07. The van der Waals surface area contributed by atoms with Crippen molar-refractivity contribution >= 4 is 17.6 Å². The first kappa shape index (κ1) is 17.1. The van der Waals surface area contributed by atoms with Crippen LogP contribution in [0.4, 0.5) is 5.82 Å². The summed E-state index contributed by atoms with van der Waals surface area (Å²) in [5.41, 5.74) is 2.86. The molecule has 0 radical (unpaired) electrons. The van der Waals surface area contributed by atoms with E-state index in [-0.39, 0.29) is 17.9 Å². The van der Waals surface area contributed by atoms with E-state index in [0.717, 1.165) is 29.9 Å². The maximum atomic E-state index is 12.1. The maximum Gasteiger partial charge on any atom is 0.225 e. The van der Waals surface area contributed by atoms with Crippen LogP contribution in [0.5, 0.6) is 0 Å². The van der Waals surface area contributed by atoms with Gasteiger partial charge in [0.1, 0.15) is 0 Å². The van der Waals surface area contributed by atoms with Gasteiger partial charge in [0.25, 0.3) is 0 Å². The first-order valence-electron chi connectivity index (χ1n) is 8.54. The number of pyridine rings is 1. The summed E-state index contributed by atoms with van der Waals surface area (Å²) in [5.74, 6) is 0.821. The Bertz CT molecular complexity index is 764. The van der Waals surface area contributed by atoms with Crippen molar-refractivity contribution in [3.63, 3.8) is 0 Å². The van der Waals surface area contributed by atoms with Gasteiger partial charge >= 0.3 is 0 Å². The Morgan fingerprint density at radius 1 is 1.32 bits per heavy atom. The zero-order valence-electron chi connectivity index (χ0n) is 14.5. The number of amides is 2. The van der Waals surface area contributed by atoms with Crippen LogP contribution in [0, 0.1) is 6.92 Å². The van der Waals surface area contributed by atoms with Crippen LogP contribution in [0.15, 0.2) is 24.3 Å². The normalized spacial score (nSPS) is 19.1. The van der Waals surface area contributed by atoms with E-state index in [9.17, 15) is 9.59 Å². The number of carbonyl (C=O) groups excluding carboxylic acids is 2. The van der Waals surface area contributed by atoms with Crippen molar-refractivity contribution < 1.29 is 9.59 Å². The summed E-state index contributed by atoms with van der Waals surface area (Å²) in [7, 11) is 0. The smallest absolute Gasteiger partial charge is 0.225 e. The molecule has 1 aliphatic carbocycles. The predicted octanol–water partition coefficient (Wildman–Crippen LogP) is 2.07. The van der Waals surface area contributed by atoms with E-state index in [2.05, 4.69) is 25.8 Å². The zero-order chi connectivity index (χ0) is 17.8. The number of aromatic amines is 1. The average molecular weight is 341 g/mol. The van der Waals surface area contributed by atoms with Gasteiger partial charge in [0, 0.05) is 48.5 Å². The average Bonchev–Trinajstić information content (AvgIpc) is 2.96. The highest BCUT2D eigenvalue weighted by molar-refractivity contribution is 5.89. The van der Waals surface area contributed by atoms with Crippen LogP contribution in [-0.4, -0.2) is 33.0 Å². The number of hydrogen-bond donors (Lipinski definition) is 3. The quantitative estimate of drug-likeness (QED) is 0.749. The van der Waals surface area contributed by atoms with Crippen LogP contribution in [0.2, 0.25) is 0 Å². The molecule has 25 heavy (non-hydrogen) atoms. The van der Waals surface area contributed by atoms with Crippen LogP contribution in [0.25, 0.3) is 0 Å². The molecule has 1 fully saturated rings. The summed E-state index contributed by atoms with van der Waals surface area (Å²) in [5, 5.41) is 12.9. The Balaban J connectivity index is 1.45. The maximum absolute atomic E-state index is 12.1. The fraction of sp³-hybridized carbons (Fsp3) is 0.444. The number of carbonyl (C=O) groups is 2. The molecule has 0 bridgehead atoms. The van der Waals surface area contributed by atoms with Crippen LogP contribution in [0.1, 0.15) is 49.2 Å². The molecular formula is C18H23N5O2. The minimum absolute atomic E-state index is 0.00381. The third-order valence-corrected chi connectivity index (χ3v) is 4.40. The topological polar surface area (TPSA) is 99.8 Å². The first-order valence-corrected chi connectivity index (χ1v) is 8.54. The molecule has 2 aromatic heterocycles. The lowest BCUT2D eigenvalue weighted by molar-refractivity contribution is -0.120. The van der Waals surface area contributed by atoms with Gasteiger partial charge in [0.05, 0.1) is 0 Å². The van der Waals surface area contributed by atoms with Crippen LogP contribution in [-0.2, 0) is 16.0 Å². The Labute approximate surface area is 146 Å². The van der Waals surface area contributed by atoms with Crippen molar-refractivity contribution in [3.8, 4) is 0 Å². The van der Waals surface area contributed by atoms with Crippen LogP contribution < -0.4 is 10.6 Å². The summed E-state index contributed by atoms with van der Waals surface area (Å²) in [6.07, 6.45) is 2.76. The molecule has 1 saturated carbocycles. The van der Waals surface area contributed by atoms with E-state index in [1.165, 1.54) is 6.92 Å². The second-order valence-corrected chi connectivity index (χ2v) is 6.59. The van der Waals surface area contributed by atoms with E-state index >= 15 is 0 Å². The molecule has 2 amide bonds. The van der Waals surface area contributed by atoms with Crippen molar-refractivity contribution in [3.05, 3.63) is 41.3 Å². The molecule has 1 aliphatic rings. The van der Waals surface area contributed by atoms with Crippen LogP contribution >= 0.6 is 0 Å². The molecule has 2 aromatic rings. The van der Waals surface area contributed by atoms with E-state index in [1.54, 1.807) is 0 Å². The predicted molar refractivity (Wildman–Crippen MR) is 94.1 cm³/mol. The first-order chi connectivity index (χ1) is 12.0. The molecule has 0 aliphatic heterocycles. The van der Waals surface area contributed by atoms with E-state index < -0.39 is 0 Å². The number of nitrogens with zero attached hydrogens (tertiary/aromatic N) is 2. The SMILES string of the molecule is CC(=O)NC1CC(c2cc(NC(=O)CCc3cccc(C)n3)n[nH]2)C1.